The molecule has 0 spiro atoms. The molecular weight excluding hydrogens is 352 g/mol. The quantitative estimate of drug-likeness (QED) is 0.431. The molecule has 0 heterocycles. The summed E-state index contributed by atoms with van der Waals surface area (Å²) in [4.78, 5) is 0. The van der Waals surface area contributed by atoms with E-state index >= 15 is 0 Å². The zero-order valence-electron chi connectivity index (χ0n) is 20.6. The van der Waals surface area contributed by atoms with Crippen LogP contribution in [0.2, 0.25) is 0 Å². The summed E-state index contributed by atoms with van der Waals surface area (Å²) in [6.07, 6.45) is 4.81. The molecule has 2 rings (SSSR count). The van der Waals surface area contributed by atoms with Crippen LogP contribution in [0.5, 0.6) is 0 Å². The highest BCUT2D eigenvalue weighted by molar-refractivity contribution is 5.29. The Labute approximate surface area is 181 Å². The topological polar surface area (TPSA) is 9.23 Å². The number of unbranched alkanes of at least 4 members (excludes halogenated alkanes) is 1. The number of aryl methyl sites for hydroxylation is 1. The SMILES string of the molecule is CC.CC.CCCCc1cccc([C@H](CC)OCc2cccc(C(C)(C)C)c2)c1. The predicted molar refractivity (Wildman–Crippen MR) is 131 cm³/mol. The van der Waals surface area contributed by atoms with Gasteiger partial charge in [-0.15, -0.1) is 0 Å². The molecular formula is C28H46O. The summed E-state index contributed by atoms with van der Waals surface area (Å²) >= 11 is 0. The zero-order valence-corrected chi connectivity index (χ0v) is 20.6. The molecule has 0 aromatic heterocycles. The van der Waals surface area contributed by atoms with Crippen molar-refractivity contribution in [3.8, 4) is 0 Å². The van der Waals surface area contributed by atoms with Crippen molar-refractivity contribution in [3.05, 3.63) is 70.8 Å². The van der Waals surface area contributed by atoms with Crippen LogP contribution in [0.4, 0.5) is 0 Å². The number of hydrogen-bond donors (Lipinski definition) is 0. The van der Waals surface area contributed by atoms with E-state index in [4.69, 9.17) is 4.74 Å². The third kappa shape index (κ3) is 10.1. The van der Waals surface area contributed by atoms with Crippen LogP contribution in [0.3, 0.4) is 0 Å². The zero-order chi connectivity index (χ0) is 22.3. The molecule has 0 N–H and O–H groups in total. The average molecular weight is 399 g/mol. The van der Waals surface area contributed by atoms with Gasteiger partial charge in [0.2, 0.25) is 0 Å². The molecule has 0 amide bonds. The maximum absolute atomic E-state index is 6.29. The molecule has 0 unspecified atom stereocenters. The molecule has 1 nitrogen and oxygen atoms in total. The summed E-state index contributed by atoms with van der Waals surface area (Å²) in [6.45, 7) is 19.9. The summed E-state index contributed by atoms with van der Waals surface area (Å²) in [5.41, 5.74) is 5.53. The third-order valence-electron chi connectivity index (χ3n) is 4.76. The van der Waals surface area contributed by atoms with Crippen molar-refractivity contribution >= 4 is 0 Å². The molecule has 0 radical (unpaired) electrons. The van der Waals surface area contributed by atoms with Crippen molar-refractivity contribution in [2.24, 2.45) is 0 Å². The van der Waals surface area contributed by atoms with Crippen LogP contribution in [0.1, 0.15) is 110 Å². The van der Waals surface area contributed by atoms with Crippen molar-refractivity contribution in [1.29, 1.82) is 0 Å². The lowest BCUT2D eigenvalue weighted by Crippen LogP contribution is -2.11. The van der Waals surface area contributed by atoms with Crippen molar-refractivity contribution in [2.75, 3.05) is 0 Å². The standard InChI is InChI=1S/C24H34O.2C2H6/c1-6-8-11-19-12-9-14-21(16-19)23(7-2)25-18-20-13-10-15-22(17-20)24(3,4)5;2*1-2/h9-10,12-17,23H,6-8,11,18H2,1-5H3;2*1-2H3/t23-;;/m0../s1. The Morgan fingerprint density at radius 1 is 0.828 bits per heavy atom. The largest absolute Gasteiger partial charge is 0.369 e. The molecule has 2 aromatic rings. The maximum Gasteiger partial charge on any atom is 0.0827 e. The Balaban J connectivity index is 0.00000184. The van der Waals surface area contributed by atoms with E-state index in [0.717, 1.165) is 12.8 Å². The minimum absolute atomic E-state index is 0.167. The number of hydrogen-bond acceptors (Lipinski definition) is 1. The Morgan fingerprint density at radius 2 is 1.45 bits per heavy atom. The summed E-state index contributed by atoms with van der Waals surface area (Å²) in [6, 6.07) is 17.7. The molecule has 29 heavy (non-hydrogen) atoms. The van der Waals surface area contributed by atoms with Gasteiger partial charge in [-0.1, -0.05) is 117 Å². The number of ether oxygens (including phenoxy) is 1. The van der Waals surface area contributed by atoms with Gasteiger partial charge in [0.05, 0.1) is 12.7 Å². The monoisotopic (exact) mass is 398 g/mol. The fourth-order valence-corrected chi connectivity index (χ4v) is 3.10. The summed E-state index contributed by atoms with van der Waals surface area (Å²) < 4.78 is 6.29. The molecule has 1 atom stereocenters. The Morgan fingerprint density at radius 3 is 2.03 bits per heavy atom. The second kappa shape index (κ2) is 15.3. The number of benzene rings is 2. The van der Waals surface area contributed by atoms with Crippen molar-refractivity contribution in [3.63, 3.8) is 0 Å². The van der Waals surface area contributed by atoms with Gasteiger partial charge in [-0.05, 0) is 46.9 Å². The highest BCUT2D eigenvalue weighted by Crippen LogP contribution is 2.26. The van der Waals surface area contributed by atoms with Gasteiger partial charge in [-0.2, -0.15) is 0 Å². The fourth-order valence-electron chi connectivity index (χ4n) is 3.10. The molecule has 0 aliphatic heterocycles. The van der Waals surface area contributed by atoms with Crippen LogP contribution in [-0.4, -0.2) is 0 Å². The molecule has 164 valence electrons. The normalized spacial score (nSPS) is 11.6. The minimum atomic E-state index is 0.167. The van der Waals surface area contributed by atoms with Crippen LogP contribution in [-0.2, 0) is 23.2 Å². The molecule has 0 fully saturated rings. The second-order valence-electron chi connectivity index (χ2n) is 8.01. The van der Waals surface area contributed by atoms with E-state index in [-0.39, 0.29) is 11.5 Å². The van der Waals surface area contributed by atoms with Gasteiger partial charge in [-0.25, -0.2) is 0 Å². The Bertz CT molecular complexity index is 651. The highest BCUT2D eigenvalue weighted by atomic mass is 16.5. The van der Waals surface area contributed by atoms with Gasteiger partial charge in [0.25, 0.3) is 0 Å². The maximum atomic E-state index is 6.29. The Kier molecular flexibility index (Phi) is 14.4. The summed E-state index contributed by atoms with van der Waals surface area (Å²) in [7, 11) is 0. The van der Waals surface area contributed by atoms with Crippen molar-refractivity contribution in [1.82, 2.24) is 0 Å². The molecule has 0 saturated carbocycles. The van der Waals surface area contributed by atoms with Crippen molar-refractivity contribution < 1.29 is 4.74 Å². The number of rotatable bonds is 8. The van der Waals surface area contributed by atoms with Gasteiger partial charge < -0.3 is 4.74 Å². The highest BCUT2D eigenvalue weighted by Gasteiger charge is 2.15. The summed E-state index contributed by atoms with van der Waals surface area (Å²) in [5, 5.41) is 0. The second-order valence-corrected chi connectivity index (χ2v) is 8.01. The fraction of sp³-hybridized carbons (Fsp3) is 0.571. The lowest BCUT2D eigenvalue weighted by Gasteiger charge is -2.21. The molecule has 0 aliphatic rings. The van der Waals surface area contributed by atoms with Crippen LogP contribution >= 0.6 is 0 Å². The van der Waals surface area contributed by atoms with Crippen LogP contribution in [0.25, 0.3) is 0 Å². The molecule has 0 bridgehead atoms. The van der Waals surface area contributed by atoms with Gasteiger partial charge in [-0.3, -0.25) is 0 Å². The van der Waals surface area contributed by atoms with E-state index in [1.807, 2.05) is 27.7 Å². The minimum Gasteiger partial charge on any atom is -0.369 e. The van der Waals surface area contributed by atoms with E-state index < -0.39 is 0 Å². The van der Waals surface area contributed by atoms with Crippen molar-refractivity contribution in [2.45, 2.75) is 106 Å². The first-order valence-electron chi connectivity index (χ1n) is 11.7. The van der Waals surface area contributed by atoms with Crippen LogP contribution < -0.4 is 0 Å². The van der Waals surface area contributed by atoms with Gasteiger partial charge in [0.1, 0.15) is 0 Å². The van der Waals surface area contributed by atoms with E-state index in [1.54, 1.807) is 0 Å². The predicted octanol–water partition coefficient (Wildman–Crippen LogP) is 9.05. The first kappa shape index (κ1) is 27.4. The smallest absolute Gasteiger partial charge is 0.0827 e. The third-order valence-corrected chi connectivity index (χ3v) is 4.76. The molecule has 0 aliphatic carbocycles. The molecule has 0 saturated heterocycles. The van der Waals surface area contributed by atoms with Crippen LogP contribution in [0, 0.1) is 0 Å². The van der Waals surface area contributed by atoms with Gasteiger partial charge >= 0.3 is 0 Å². The summed E-state index contributed by atoms with van der Waals surface area (Å²) in [5.74, 6) is 0. The Hall–Kier alpha value is -1.60. The van der Waals surface area contributed by atoms with Crippen LogP contribution in [0.15, 0.2) is 48.5 Å². The molecule has 2 aromatic carbocycles. The van der Waals surface area contributed by atoms with E-state index in [9.17, 15) is 0 Å². The molecule has 1 heteroatoms. The lowest BCUT2D eigenvalue weighted by atomic mass is 9.86. The average Bonchev–Trinajstić information content (AvgIpc) is 2.75. The van der Waals surface area contributed by atoms with E-state index in [0.29, 0.717) is 6.61 Å². The van der Waals surface area contributed by atoms with E-state index in [2.05, 4.69) is 83.1 Å². The van der Waals surface area contributed by atoms with E-state index in [1.165, 1.54) is 35.1 Å². The van der Waals surface area contributed by atoms with Gasteiger partial charge in [0, 0.05) is 0 Å². The lowest BCUT2D eigenvalue weighted by molar-refractivity contribution is 0.0370. The first-order chi connectivity index (χ1) is 13.9. The van der Waals surface area contributed by atoms with Gasteiger partial charge in [0.15, 0.2) is 0 Å². The first-order valence-corrected chi connectivity index (χ1v) is 11.7.